The van der Waals surface area contributed by atoms with Gasteiger partial charge in [-0.05, 0) is 49.7 Å². The van der Waals surface area contributed by atoms with Gasteiger partial charge < -0.3 is 15.2 Å². The van der Waals surface area contributed by atoms with Gasteiger partial charge in [0.1, 0.15) is 0 Å². The average Bonchev–Trinajstić information content (AvgIpc) is 3.22. The van der Waals surface area contributed by atoms with Crippen LogP contribution in [0.3, 0.4) is 0 Å². The Morgan fingerprint density at radius 1 is 1.38 bits per heavy atom. The maximum atomic E-state index is 9.36. The zero-order valence-corrected chi connectivity index (χ0v) is 13.0. The Morgan fingerprint density at radius 2 is 2.19 bits per heavy atom. The molecule has 2 fully saturated rings. The van der Waals surface area contributed by atoms with Crippen molar-refractivity contribution in [2.75, 3.05) is 26.4 Å². The highest BCUT2D eigenvalue weighted by atomic mass is 16.5. The van der Waals surface area contributed by atoms with E-state index in [-0.39, 0.29) is 12.0 Å². The molecule has 0 spiro atoms. The number of rotatable bonds is 7. The van der Waals surface area contributed by atoms with Gasteiger partial charge in [0.2, 0.25) is 0 Å². The van der Waals surface area contributed by atoms with Crippen molar-refractivity contribution in [3.63, 3.8) is 0 Å². The fourth-order valence-corrected chi connectivity index (χ4v) is 3.53. The predicted octanol–water partition coefficient (Wildman–Crippen LogP) is 2.82. The van der Waals surface area contributed by atoms with Crippen molar-refractivity contribution in [3.05, 3.63) is 35.4 Å². The summed E-state index contributed by atoms with van der Waals surface area (Å²) in [7, 11) is 0. The van der Waals surface area contributed by atoms with Crippen LogP contribution >= 0.6 is 0 Å². The third kappa shape index (κ3) is 3.47. The molecular weight excluding hydrogens is 262 g/mol. The van der Waals surface area contributed by atoms with Gasteiger partial charge >= 0.3 is 0 Å². The molecule has 1 heterocycles. The third-order valence-electron chi connectivity index (χ3n) is 5.14. The van der Waals surface area contributed by atoms with Gasteiger partial charge in [-0.2, -0.15) is 0 Å². The molecule has 0 amide bonds. The molecule has 21 heavy (non-hydrogen) atoms. The van der Waals surface area contributed by atoms with Gasteiger partial charge in [-0.1, -0.05) is 24.3 Å². The van der Waals surface area contributed by atoms with Crippen LogP contribution in [0.1, 0.15) is 42.9 Å². The first-order valence-corrected chi connectivity index (χ1v) is 8.22. The third-order valence-corrected chi connectivity index (χ3v) is 5.14. The molecule has 3 nitrogen and oxygen atoms in total. The van der Waals surface area contributed by atoms with Crippen LogP contribution in [0.15, 0.2) is 24.3 Å². The molecule has 2 N–H and O–H groups in total. The normalized spacial score (nSPS) is 27.0. The lowest BCUT2D eigenvalue weighted by atomic mass is 9.83. The average molecular weight is 289 g/mol. The summed E-state index contributed by atoms with van der Waals surface area (Å²) in [6.45, 7) is 5.02. The molecule has 1 saturated carbocycles. The summed E-state index contributed by atoms with van der Waals surface area (Å²) in [5, 5.41) is 13.2. The minimum Gasteiger partial charge on any atom is -0.396 e. The van der Waals surface area contributed by atoms with E-state index in [2.05, 4.69) is 36.5 Å². The highest BCUT2D eigenvalue weighted by Crippen LogP contribution is 2.43. The quantitative estimate of drug-likeness (QED) is 0.811. The van der Waals surface area contributed by atoms with E-state index in [4.69, 9.17) is 4.74 Å². The summed E-state index contributed by atoms with van der Waals surface area (Å²) < 4.78 is 5.60. The molecule has 0 aromatic heterocycles. The summed E-state index contributed by atoms with van der Waals surface area (Å²) >= 11 is 0. The van der Waals surface area contributed by atoms with Crippen molar-refractivity contribution in [2.24, 2.45) is 11.3 Å². The lowest BCUT2D eigenvalue weighted by molar-refractivity contribution is 0.121. The van der Waals surface area contributed by atoms with Gasteiger partial charge in [0, 0.05) is 31.2 Å². The molecule has 0 radical (unpaired) electrons. The first kappa shape index (κ1) is 15.0. The molecule has 3 rings (SSSR count). The molecular formula is C18H27NO2. The second-order valence-electron chi connectivity index (χ2n) is 6.83. The Kier molecular flexibility index (Phi) is 4.63. The van der Waals surface area contributed by atoms with Crippen molar-refractivity contribution >= 4 is 0 Å². The van der Waals surface area contributed by atoms with Gasteiger partial charge in [-0.25, -0.2) is 0 Å². The van der Waals surface area contributed by atoms with Gasteiger partial charge in [-0.3, -0.25) is 0 Å². The molecule has 1 saturated heterocycles. The van der Waals surface area contributed by atoms with Crippen molar-refractivity contribution in [3.8, 4) is 0 Å². The topological polar surface area (TPSA) is 41.5 Å². The smallest absolute Gasteiger partial charge is 0.0536 e. The number of aliphatic hydroxyl groups is 1. The fraction of sp³-hybridized carbons (Fsp3) is 0.667. The number of hydrogen-bond donors (Lipinski definition) is 2. The number of nitrogens with one attached hydrogen (secondary N) is 1. The SMILES string of the molecule is Cc1ccccc1C(NCC1(CCO)CCOC1)C1CC1. The van der Waals surface area contributed by atoms with Gasteiger partial charge in [-0.15, -0.1) is 0 Å². The first-order chi connectivity index (χ1) is 10.2. The van der Waals surface area contributed by atoms with E-state index >= 15 is 0 Å². The van der Waals surface area contributed by atoms with Gasteiger partial charge in [0.15, 0.2) is 0 Å². The highest BCUT2D eigenvalue weighted by molar-refractivity contribution is 5.30. The number of hydrogen-bond acceptors (Lipinski definition) is 3. The number of aryl methyl sites for hydroxylation is 1. The summed E-state index contributed by atoms with van der Waals surface area (Å²) in [5.74, 6) is 0.777. The van der Waals surface area contributed by atoms with Crippen molar-refractivity contribution < 1.29 is 9.84 Å². The van der Waals surface area contributed by atoms with E-state index in [0.717, 1.165) is 38.5 Å². The molecule has 0 bridgehead atoms. The van der Waals surface area contributed by atoms with E-state index in [1.165, 1.54) is 24.0 Å². The molecule has 3 heteroatoms. The van der Waals surface area contributed by atoms with E-state index in [0.29, 0.717) is 6.04 Å². The molecule has 2 atom stereocenters. The molecule has 1 aromatic rings. The minimum absolute atomic E-state index is 0.130. The Balaban J connectivity index is 1.70. The largest absolute Gasteiger partial charge is 0.396 e. The van der Waals surface area contributed by atoms with E-state index in [9.17, 15) is 5.11 Å². The number of benzene rings is 1. The second-order valence-corrected chi connectivity index (χ2v) is 6.83. The summed E-state index contributed by atoms with van der Waals surface area (Å²) in [6.07, 6.45) is 4.56. The second kappa shape index (κ2) is 6.47. The predicted molar refractivity (Wildman–Crippen MR) is 84.2 cm³/mol. The summed E-state index contributed by atoms with van der Waals surface area (Å²) in [6, 6.07) is 9.17. The molecule has 2 aliphatic rings. The highest BCUT2D eigenvalue weighted by Gasteiger charge is 2.38. The lowest BCUT2D eigenvalue weighted by Gasteiger charge is -2.30. The Bertz CT molecular complexity index is 464. The van der Waals surface area contributed by atoms with Crippen LogP contribution in [0, 0.1) is 18.3 Å². The molecule has 1 aliphatic heterocycles. The fourth-order valence-electron chi connectivity index (χ4n) is 3.53. The van der Waals surface area contributed by atoms with Crippen LogP contribution in [-0.2, 0) is 4.74 Å². The molecule has 1 aromatic carbocycles. The van der Waals surface area contributed by atoms with Gasteiger partial charge in [0.05, 0.1) is 6.61 Å². The number of aliphatic hydroxyl groups excluding tert-OH is 1. The zero-order valence-electron chi connectivity index (χ0n) is 13.0. The zero-order chi connectivity index (χ0) is 14.7. The van der Waals surface area contributed by atoms with Crippen LogP contribution in [0.5, 0.6) is 0 Å². The Labute approximate surface area is 127 Å². The van der Waals surface area contributed by atoms with Gasteiger partial charge in [0.25, 0.3) is 0 Å². The van der Waals surface area contributed by atoms with Crippen molar-refractivity contribution in [1.82, 2.24) is 5.32 Å². The lowest BCUT2D eigenvalue weighted by Crippen LogP contribution is -2.38. The first-order valence-electron chi connectivity index (χ1n) is 8.22. The Hall–Kier alpha value is -0.900. The molecule has 2 unspecified atom stereocenters. The number of ether oxygens (including phenoxy) is 1. The molecule has 1 aliphatic carbocycles. The van der Waals surface area contributed by atoms with Crippen LogP contribution < -0.4 is 5.32 Å². The molecule has 116 valence electrons. The van der Waals surface area contributed by atoms with E-state index < -0.39 is 0 Å². The van der Waals surface area contributed by atoms with Crippen LogP contribution in [0.25, 0.3) is 0 Å². The summed E-state index contributed by atoms with van der Waals surface area (Å²) in [5.41, 5.74) is 2.95. The van der Waals surface area contributed by atoms with Crippen LogP contribution in [0.4, 0.5) is 0 Å². The van der Waals surface area contributed by atoms with Crippen molar-refractivity contribution in [2.45, 2.75) is 38.6 Å². The monoisotopic (exact) mass is 289 g/mol. The Morgan fingerprint density at radius 3 is 2.81 bits per heavy atom. The van der Waals surface area contributed by atoms with Crippen molar-refractivity contribution in [1.29, 1.82) is 0 Å². The maximum absolute atomic E-state index is 9.36. The van der Waals surface area contributed by atoms with Crippen LogP contribution in [-0.4, -0.2) is 31.5 Å². The summed E-state index contributed by atoms with van der Waals surface area (Å²) in [4.78, 5) is 0. The van der Waals surface area contributed by atoms with Crippen LogP contribution in [0.2, 0.25) is 0 Å². The maximum Gasteiger partial charge on any atom is 0.0536 e. The van der Waals surface area contributed by atoms with E-state index in [1.807, 2.05) is 0 Å². The minimum atomic E-state index is 0.130. The van der Waals surface area contributed by atoms with E-state index in [1.54, 1.807) is 0 Å². The standard InChI is InChI=1S/C18H27NO2/c1-14-4-2-3-5-16(14)17(15-6-7-15)19-12-18(8-10-20)9-11-21-13-18/h2-5,15,17,19-20H,6-13H2,1H3.